The molecule has 0 aliphatic heterocycles. The fourth-order valence-corrected chi connectivity index (χ4v) is 2.42. The lowest BCUT2D eigenvalue weighted by Gasteiger charge is -2.06. The summed E-state index contributed by atoms with van der Waals surface area (Å²) in [6.07, 6.45) is 6.20. The lowest BCUT2D eigenvalue weighted by atomic mass is 10.00. The van der Waals surface area contributed by atoms with Crippen LogP contribution < -0.4 is 0 Å². The minimum atomic E-state index is 1.04. The second kappa shape index (κ2) is 7.13. The molecule has 0 heteroatoms. The van der Waals surface area contributed by atoms with Crippen LogP contribution in [0.15, 0.2) is 48.5 Å². The minimum Gasteiger partial charge on any atom is -0.0654 e. The molecule has 0 bridgehead atoms. The molecule has 0 unspecified atom stereocenters. The third-order valence-corrected chi connectivity index (χ3v) is 3.59. The summed E-state index contributed by atoms with van der Waals surface area (Å²) in [7, 11) is 0. The predicted molar refractivity (Wildman–Crippen MR) is 83.7 cm³/mol. The first-order chi connectivity index (χ1) is 9.28. The summed E-state index contributed by atoms with van der Waals surface area (Å²) in [5.41, 5.74) is 5.64. The highest BCUT2D eigenvalue weighted by molar-refractivity contribution is 5.30. The molecule has 0 nitrogen and oxygen atoms in total. The zero-order valence-electron chi connectivity index (χ0n) is 12.2. The van der Waals surface area contributed by atoms with Gasteiger partial charge in [0.25, 0.3) is 0 Å². The largest absolute Gasteiger partial charge is 0.0654 e. The molecule has 0 amide bonds. The van der Waals surface area contributed by atoms with Crippen molar-refractivity contribution in [3.8, 4) is 0 Å². The minimum absolute atomic E-state index is 1.04. The van der Waals surface area contributed by atoms with E-state index in [-0.39, 0.29) is 0 Å². The average Bonchev–Trinajstić information content (AvgIpc) is 2.42. The summed E-state index contributed by atoms with van der Waals surface area (Å²) in [5, 5.41) is 0. The van der Waals surface area contributed by atoms with Gasteiger partial charge < -0.3 is 0 Å². The Labute approximate surface area is 117 Å². The van der Waals surface area contributed by atoms with Gasteiger partial charge in [-0.1, -0.05) is 73.9 Å². The van der Waals surface area contributed by atoms with Crippen molar-refractivity contribution in [2.45, 2.75) is 46.0 Å². The lowest BCUT2D eigenvalue weighted by molar-refractivity contribution is 0.717. The Hall–Kier alpha value is -1.56. The van der Waals surface area contributed by atoms with Crippen molar-refractivity contribution in [2.75, 3.05) is 0 Å². The van der Waals surface area contributed by atoms with Crippen molar-refractivity contribution < 1.29 is 0 Å². The highest BCUT2D eigenvalue weighted by Crippen LogP contribution is 2.14. The van der Waals surface area contributed by atoms with Crippen molar-refractivity contribution >= 4 is 0 Å². The molecule has 0 aliphatic rings. The van der Waals surface area contributed by atoms with E-state index >= 15 is 0 Å². The second-order valence-electron chi connectivity index (χ2n) is 5.44. The average molecular weight is 252 g/mol. The van der Waals surface area contributed by atoms with E-state index in [9.17, 15) is 0 Å². The molecule has 0 fully saturated rings. The van der Waals surface area contributed by atoms with Crippen LogP contribution in [-0.4, -0.2) is 0 Å². The number of hydrogen-bond acceptors (Lipinski definition) is 0. The van der Waals surface area contributed by atoms with Gasteiger partial charge in [0, 0.05) is 0 Å². The zero-order valence-corrected chi connectivity index (χ0v) is 12.2. The standard InChI is InChI=1S/C19H24/c1-3-4-5-7-17-8-6-9-19(14-17)15-18-12-10-16(2)11-13-18/h6,8-14H,3-5,7,15H2,1-2H3. The molecule has 0 aliphatic carbocycles. The molecule has 100 valence electrons. The molecule has 0 atom stereocenters. The maximum absolute atomic E-state index is 2.37. The van der Waals surface area contributed by atoms with E-state index in [0.717, 1.165) is 6.42 Å². The summed E-state index contributed by atoms with van der Waals surface area (Å²) < 4.78 is 0. The Morgan fingerprint density at radius 3 is 2.26 bits per heavy atom. The maximum Gasteiger partial charge on any atom is -0.00257 e. The second-order valence-corrected chi connectivity index (χ2v) is 5.44. The zero-order chi connectivity index (χ0) is 13.5. The van der Waals surface area contributed by atoms with Gasteiger partial charge in [0.2, 0.25) is 0 Å². The van der Waals surface area contributed by atoms with Crippen molar-refractivity contribution in [1.82, 2.24) is 0 Å². The molecule has 0 saturated carbocycles. The number of rotatable bonds is 6. The summed E-state index contributed by atoms with van der Waals surface area (Å²) in [4.78, 5) is 0. The fraction of sp³-hybridized carbons (Fsp3) is 0.368. The Kier molecular flexibility index (Phi) is 5.20. The van der Waals surface area contributed by atoms with Crippen LogP contribution >= 0.6 is 0 Å². The number of hydrogen-bond donors (Lipinski definition) is 0. The Morgan fingerprint density at radius 2 is 1.53 bits per heavy atom. The first-order valence-corrected chi connectivity index (χ1v) is 7.41. The van der Waals surface area contributed by atoms with E-state index in [1.54, 1.807) is 0 Å². The van der Waals surface area contributed by atoms with E-state index < -0.39 is 0 Å². The van der Waals surface area contributed by atoms with Crippen LogP contribution in [0.25, 0.3) is 0 Å². The van der Waals surface area contributed by atoms with Gasteiger partial charge >= 0.3 is 0 Å². The fourth-order valence-electron chi connectivity index (χ4n) is 2.42. The van der Waals surface area contributed by atoms with Crippen LogP contribution in [0.5, 0.6) is 0 Å². The molecule has 0 spiro atoms. The number of aryl methyl sites for hydroxylation is 2. The summed E-state index contributed by atoms with van der Waals surface area (Å²) in [6, 6.07) is 17.9. The van der Waals surface area contributed by atoms with Crippen molar-refractivity contribution in [2.24, 2.45) is 0 Å². The molecule has 0 radical (unpaired) electrons. The van der Waals surface area contributed by atoms with Crippen LogP contribution in [0, 0.1) is 6.92 Å². The van der Waals surface area contributed by atoms with Gasteiger partial charge in [-0.2, -0.15) is 0 Å². The summed E-state index contributed by atoms with van der Waals surface area (Å²) >= 11 is 0. The molecule has 2 aromatic rings. The molecule has 19 heavy (non-hydrogen) atoms. The molecular weight excluding hydrogens is 228 g/mol. The van der Waals surface area contributed by atoms with Crippen LogP contribution in [-0.2, 0) is 12.8 Å². The lowest BCUT2D eigenvalue weighted by Crippen LogP contribution is -1.91. The van der Waals surface area contributed by atoms with Gasteiger partial charge in [-0.25, -0.2) is 0 Å². The Balaban J connectivity index is 2.00. The van der Waals surface area contributed by atoms with E-state index in [4.69, 9.17) is 0 Å². The third kappa shape index (κ3) is 4.55. The molecule has 0 heterocycles. The smallest absolute Gasteiger partial charge is 0.00257 e. The van der Waals surface area contributed by atoms with Gasteiger partial charge in [-0.15, -0.1) is 0 Å². The summed E-state index contributed by atoms with van der Waals surface area (Å²) in [6.45, 7) is 4.39. The molecule has 2 rings (SSSR count). The van der Waals surface area contributed by atoms with Crippen molar-refractivity contribution in [3.63, 3.8) is 0 Å². The molecular formula is C19H24. The third-order valence-electron chi connectivity index (χ3n) is 3.59. The Bertz CT molecular complexity index is 494. The van der Waals surface area contributed by atoms with Crippen LogP contribution in [0.2, 0.25) is 0 Å². The van der Waals surface area contributed by atoms with Gasteiger partial charge in [0.1, 0.15) is 0 Å². The van der Waals surface area contributed by atoms with Crippen LogP contribution in [0.1, 0.15) is 48.4 Å². The first kappa shape index (κ1) is 13.9. The predicted octanol–water partition coefficient (Wildman–Crippen LogP) is 5.32. The highest BCUT2D eigenvalue weighted by Gasteiger charge is 1.99. The van der Waals surface area contributed by atoms with Crippen molar-refractivity contribution in [1.29, 1.82) is 0 Å². The van der Waals surface area contributed by atoms with Crippen LogP contribution in [0.4, 0.5) is 0 Å². The van der Waals surface area contributed by atoms with Crippen LogP contribution in [0.3, 0.4) is 0 Å². The molecule has 0 aromatic heterocycles. The van der Waals surface area contributed by atoms with Gasteiger partial charge in [-0.05, 0) is 42.9 Å². The van der Waals surface area contributed by atoms with E-state index in [1.165, 1.54) is 47.9 Å². The number of unbranched alkanes of at least 4 members (excludes halogenated alkanes) is 2. The molecule has 0 N–H and O–H groups in total. The Morgan fingerprint density at radius 1 is 0.789 bits per heavy atom. The van der Waals surface area contributed by atoms with Crippen molar-refractivity contribution in [3.05, 3.63) is 70.8 Å². The highest BCUT2D eigenvalue weighted by atomic mass is 14.0. The van der Waals surface area contributed by atoms with E-state index in [0.29, 0.717) is 0 Å². The van der Waals surface area contributed by atoms with E-state index in [2.05, 4.69) is 62.4 Å². The SMILES string of the molecule is CCCCCc1cccc(Cc2ccc(C)cc2)c1. The maximum atomic E-state index is 2.37. The van der Waals surface area contributed by atoms with E-state index in [1.807, 2.05) is 0 Å². The van der Waals surface area contributed by atoms with Gasteiger partial charge in [-0.3, -0.25) is 0 Å². The molecule has 0 saturated heterocycles. The monoisotopic (exact) mass is 252 g/mol. The van der Waals surface area contributed by atoms with Gasteiger partial charge in [0.05, 0.1) is 0 Å². The summed E-state index contributed by atoms with van der Waals surface area (Å²) in [5.74, 6) is 0. The molecule has 2 aromatic carbocycles. The number of benzene rings is 2. The van der Waals surface area contributed by atoms with Gasteiger partial charge in [0.15, 0.2) is 0 Å². The normalized spacial score (nSPS) is 10.6. The first-order valence-electron chi connectivity index (χ1n) is 7.41. The quantitative estimate of drug-likeness (QED) is 0.610. The topological polar surface area (TPSA) is 0 Å².